The highest BCUT2D eigenvalue weighted by Crippen LogP contribution is 2.05. The van der Waals surface area contributed by atoms with Gasteiger partial charge in [0, 0.05) is 6.54 Å². The van der Waals surface area contributed by atoms with Crippen LogP contribution in [0.25, 0.3) is 0 Å². The van der Waals surface area contributed by atoms with Crippen molar-refractivity contribution in [1.29, 1.82) is 0 Å². The number of amides is 1. The van der Waals surface area contributed by atoms with Crippen molar-refractivity contribution in [3.05, 3.63) is 0 Å². The Morgan fingerprint density at radius 1 is 1.67 bits per heavy atom. The summed E-state index contributed by atoms with van der Waals surface area (Å²) < 4.78 is 0. The first-order valence-corrected chi connectivity index (χ1v) is 4.60. The number of thiocarbonyl (C=S) groups is 1. The second-order valence-corrected chi connectivity index (χ2v) is 3.77. The molecule has 68 valence electrons. The van der Waals surface area contributed by atoms with E-state index in [4.69, 9.17) is 12.2 Å². The molecule has 0 atom stereocenters. The Morgan fingerprint density at radius 3 is 2.75 bits per heavy atom. The van der Waals surface area contributed by atoms with Crippen LogP contribution in [0.15, 0.2) is 0 Å². The summed E-state index contributed by atoms with van der Waals surface area (Å²) in [6.07, 6.45) is 1.01. The topological polar surface area (TPSA) is 32.3 Å². The smallest absolute Gasteiger partial charge is 0.248 e. The molecule has 0 aromatic heterocycles. The van der Waals surface area contributed by atoms with Gasteiger partial charge in [-0.3, -0.25) is 9.69 Å². The molecule has 4 heteroatoms. The molecule has 1 aliphatic heterocycles. The summed E-state index contributed by atoms with van der Waals surface area (Å²) in [5.74, 6) is 0.710. The van der Waals surface area contributed by atoms with E-state index in [-0.39, 0.29) is 5.91 Å². The molecule has 1 aliphatic rings. The molecule has 1 amide bonds. The normalized spacial score (nSPS) is 17.4. The van der Waals surface area contributed by atoms with Gasteiger partial charge in [-0.1, -0.05) is 13.8 Å². The van der Waals surface area contributed by atoms with Gasteiger partial charge >= 0.3 is 0 Å². The average molecular weight is 186 g/mol. The number of nitrogens with zero attached hydrogens (tertiary/aromatic N) is 1. The molecule has 0 saturated carbocycles. The minimum atomic E-state index is 0.0978. The first-order chi connectivity index (χ1) is 5.61. The van der Waals surface area contributed by atoms with Crippen LogP contribution in [-0.4, -0.2) is 29.0 Å². The summed E-state index contributed by atoms with van der Waals surface area (Å²) in [5, 5.41) is 3.43. The summed E-state index contributed by atoms with van der Waals surface area (Å²) in [7, 11) is 0. The SMILES string of the molecule is CC(C)CCN1C(=O)CNC1=S. The molecular formula is C8H14N2OS. The van der Waals surface area contributed by atoms with Crippen LogP contribution >= 0.6 is 12.2 Å². The number of nitrogens with one attached hydrogen (secondary N) is 1. The highest BCUT2D eigenvalue weighted by Gasteiger charge is 2.24. The molecule has 0 aromatic carbocycles. The number of carbonyl (C=O) groups excluding carboxylic acids is 1. The first kappa shape index (κ1) is 9.45. The van der Waals surface area contributed by atoms with Crippen LogP contribution < -0.4 is 5.32 Å². The monoisotopic (exact) mass is 186 g/mol. The lowest BCUT2D eigenvalue weighted by Gasteiger charge is -2.15. The van der Waals surface area contributed by atoms with Gasteiger partial charge in [0.25, 0.3) is 0 Å². The minimum absolute atomic E-state index is 0.0978. The fraction of sp³-hybridized carbons (Fsp3) is 0.750. The predicted molar refractivity (Wildman–Crippen MR) is 51.8 cm³/mol. The van der Waals surface area contributed by atoms with Gasteiger partial charge in [-0.2, -0.15) is 0 Å². The molecule has 1 fully saturated rings. The Kier molecular flexibility index (Phi) is 3.03. The Labute approximate surface area is 78.1 Å². The van der Waals surface area contributed by atoms with E-state index in [1.807, 2.05) is 0 Å². The predicted octanol–water partition coefficient (Wildman–Crippen LogP) is 0.749. The van der Waals surface area contributed by atoms with E-state index in [2.05, 4.69) is 19.2 Å². The van der Waals surface area contributed by atoms with Crippen LogP contribution in [0.1, 0.15) is 20.3 Å². The van der Waals surface area contributed by atoms with E-state index in [1.54, 1.807) is 4.90 Å². The van der Waals surface area contributed by atoms with Gasteiger partial charge in [-0.15, -0.1) is 0 Å². The highest BCUT2D eigenvalue weighted by atomic mass is 32.1. The summed E-state index contributed by atoms with van der Waals surface area (Å²) >= 11 is 4.96. The summed E-state index contributed by atoms with van der Waals surface area (Å²) in [6, 6.07) is 0. The molecule has 1 heterocycles. The van der Waals surface area contributed by atoms with Crippen LogP contribution in [0, 0.1) is 5.92 Å². The van der Waals surface area contributed by atoms with Gasteiger partial charge in [0.15, 0.2) is 5.11 Å². The van der Waals surface area contributed by atoms with Crippen molar-refractivity contribution in [2.24, 2.45) is 5.92 Å². The van der Waals surface area contributed by atoms with Crippen LogP contribution in [0.5, 0.6) is 0 Å². The van der Waals surface area contributed by atoms with E-state index in [9.17, 15) is 4.79 Å². The zero-order chi connectivity index (χ0) is 9.14. The molecule has 0 radical (unpaired) electrons. The maximum atomic E-state index is 11.2. The summed E-state index contributed by atoms with van der Waals surface area (Å²) in [6.45, 7) is 5.40. The first-order valence-electron chi connectivity index (χ1n) is 4.19. The second-order valence-electron chi connectivity index (χ2n) is 3.39. The Morgan fingerprint density at radius 2 is 2.33 bits per heavy atom. The molecule has 1 rings (SSSR count). The number of hydrogen-bond donors (Lipinski definition) is 1. The number of rotatable bonds is 3. The molecule has 0 aliphatic carbocycles. The summed E-state index contributed by atoms with van der Waals surface area (Å²) in [4.78, 5) is 12.8. The van der Waals surface area contributed by atoms with E-state index >= 15 is 0 Å². The van der Waals surface area contributed by atoms with Crippen LogP contribution in [0.2, 0.25) is 0 Å². The number of hydrogen-bond acceptors (Lipinski definition) is 2. The lowest BCUT2D eigenvalue weighted by Crippen LogP contribution is -2.32. The minimum Gasteiger partial charge on any atom is -0.353 e. The number of carbonyl (C=O) groups is 1. The largest absolute Gasteiger partial charge is 0.353 e. The maximum absolute atomic E-state index is 11.2. The molecule has 3 nitrogen and oxygen atoms in total. The molecule has 0 aromatic rings. The Bertz CT molecular complexity index is 187. The van der Waals surface area contributed by atoms with Crippen LogP contribution in [0.4, 0.5) is 0 Å². The lowest BCUT2D eigenvalue weighted by molar-refractivity contribution is -0.124. The van der Waals surface area contributed by atoms with E-state index in [0.717, 1.165) is 13.0 Å². The van der Waals surface area contributed by atoms with Crippen LogP contribution in [0.3, 0.4) is 0 Å². The molecule has 0 unspecified atom stereocenters. The molecular weight excluding hydrogens is 172 g/mol. The van der Waals surface area contributed by atoms with E-state index in [0.29, 0.717) is 17.6 Å². The molecule has 1 saturated heterocycles. The average Bonchev–Trinajstić information content (AvgIpc) is 2.28. The van der Waals surface area contributed by atoms with Crippen LogP contribution in [-0.2, 0) is 4.79 Å². The quantitative estimate of drug-likeness (QED) is 0.660. The molecule has 0 bridgehead atoms. The van der Waals surface area contributed by atoms with Crippen molar-refractivity contribution < 1.29 is 4.79 Å². The molecule has 0 spiro atoms. The third-order valence-electron chi connectivity index (χ3n) is 1.87. The standard InChI is InChI=1S/C8H14N2OS/c1-6(2)3-4-10-7(11)5-9-8(10)12/h6H,3-5H2,1-2H3,(H,9,12). The lowest BCUT2D eigenvalue weighted by atomic mass is 10.1. The van der Waals surface area contributed by atoms with Crippen molar-refractivity contribution in [1.82, 2.24) is 10.2 Å². The molecule has 1 N–H and O–H groups in total. The maximum Gasteiger partial charge on any atom is 0.248 e. The van der Waals surface area contributed by atoms with Crippen molar-refractivity contribution >= 4 is 23.2 Å². The van der Waals surface area contributed by atoms with Gasteiger partial charge in [0.05, 0.1) is 6.54 Å². The van der Waals surface area contributed by atoms with Gasteiger partial charge in [0.2, 0.25) is 5.91 Å². The zero-order valence-corrected chi connectivity index (χ0v) is 8.28. The third kappa shape index (κ3) is 2.17. The van der Waals surface area contributed by atoms with E-state index < -0.39 is 0 Å². The van der Waals surface area contributed by atoms with Gasteiger partial charge < -0.3 is 5.32 Å². The fourth-order valence-corrected chi connectivity index (χ4v) is 1.33. The second kappa shape index (κ2) is 3.85. The zero-order valence-electron chi connectivity index (χ0n) is 7.46. The van der Waals surface area contributed by atoms with E-state index in [1.165, 1.54) is 0 Å². The van der Waals surface area contributed by atoms with Gasteiger partial charge in [0.1, 0.15) is 0 Å². The highest BCUT2D eigenvalue weighted by molar-refractivity contribution is 7.80. The van der Waals surface area contributed by atoms with Crippen molar-refractivity contribution in [3.63, 3.8) is 0 Å². The van der Waals surface area contributed by atoms with Gasteiger partial charge in [-0.05, 0) is 24.6 Å². The Hall–Kier alpha value is -0.640. The third-order valence-corrected chi connectivity index (χ3v) is 2.23. The van der Waals surface area contributed by atoms with Crippen molar-refractivity contribution in [3.8, 4) is 0 Å². The van der Waals surface area contributed by atoms with Crippen molar-refractivity contribution in [2.45, 2.75) is 20.3 Å². The molecule has 12 heavy (non-hydrogen) atoms. The van der Waals surface area contributed by atoms with Crippen molar-refractivity contribution in [2.75, 3.05) is 13.1 Å². The summed E-state index contributed by atoms with van der Waals surface area (Å²) in [5.41, 5.74) is 0. The van der Waals surface area contributed by atoms with Gasteiger partial charge in [-0.25, -0.2) is 0 Å². The fourth-order valence-electron chi connectivity index (χ4n) is 1.07. The Balaban J connectivity index is 2.40.